The van der Waals surface area contributed by atoms with E-state index in [1.54, 1.807) is 0 Å². The summed E-state index contributed by atoms with van der Waals surface area (Å²) in [4.78, 5) is 0.0428. The summed E-state index contributed by atoms with van der Waals surface area (Å²) in [5.74, 6) is 0.364. The monoisotopic (exact) mass is 330 g/mol. The van der Waals surface area contributed by atoms with Gasteiger partial charge in [0.15, 0.2) is 0 Å². The molecular weight excluding hydrogens is 328 g/mol. The molecule has 0 aromatic carbocycles. The predicted octanol–water partition coefficient (Wildman–Crippen LogP) is 3.60. The molecule has 1 nitrogen and oxygen atoms in total. The number of allylic oxidation sites excluding steroid dienone is 4. The first-order valence-electron chi connectivity index (χ1n) is 2.70. The van der Waals surface area contributed by atoms with Crippen molar-refractivity contribution in [3.8, 4) is 0 Å². The summed E-state index contributed by atoms with van der Waals surface area (Å²) in [5, 5.41) is 9.28. The van der Waals surface area contributed by atoms with E-state index in [1.807, 2.05) is 6.08 Å². The van der Waals surface area contributed by atoms with Crippen molar-refractivity contribution in [2.75, 3.05) is 0 Å². The highest BCUT2D eigenvalue weighted by atomic mass is 79.9. The van der Waals surface area contributed by atoms with E-state index in [0.717, 1.165) is 15.4 Å². The van der Waals surface area contributed by atoms with Crippen LogP contribution in [0.1, 0.15) is 6.42 Å². The van der Waals surface area contributed by atoms with Gasteiger partial charge in [-0.15, -0.1) is 0 Å². The Kier molecular flexibility index (Phi) is 3.01. The average Bonchev–Trinajstić information content (AvgIpc) is 1.82. The van der Waals surface area contributed by atoms with E-state index in [0.29, 0.717) is 5.76 Å². The molecule has 0 radical (unpaired) electrons. The van der Waals surface area contributed by atoms with Crippen molar-refractivity contribution in [1.82, 2.24) is 0 Å². The molecule has 0 aliphatic heterocycles. The fourth-order valence-corrected chi connectivity index (χ4v) is 3.44. The number of halogens is 3. The molecule has 0 spiro atoms. The van der Waals surface area contributed by atoms with Gasteiger partial charge in [-0.05, 0) is 32.9 Å². The van der Waals surface area contributed by atoms with E-state index < -0.39 is 0 Å². The number of aliphatic hydroxyl groups excluding tert-OH is 1. The Labute approximate surface area is 84.6 Å². The van der Waals surface area contributed by atoms with Crippen LogP contribution in [0.2, 0.25) is 0 Å². The van der Waals surface area contributed by atoms with Crippen molar-refractivity contribution in [2.45, 2.75) is 11.2 Å². The largest absolute Gasteiger partial charge is 0.510 e. The molecule has 0 amide bonds. The van der Waals surface area contributed by atoms with Crippen LogP contribution >= 0.6 is 47.8 Å². The second-order valence-electron chi connectivity index (χ2n) is 2.00. The Balaban J connectivity index is 2.92. The summed E-state index contributed by atoms with van der Waals surface area (Å²) in [6.45, 7) is 0. The van der Waals surface area contributed by atoms with Gasteiger partial charge in [0.2, 0.25) is 0 Å². The lowest BCUT2D eigenvalue weighted by atomic mass is 10.2. The minimum absolute atomic E-state index is 0.0428. The van der Waals surface area contributed by atoms with Gasteiger partial charge in [-0.2, -0.15) is 0 Å². The number of aliphatic hydroxyl groups is 1. The summed E-state index contributed by atoms with van der Waals surface area (Å²) in [5.41, 5.74) is 0. The van der Waals surface area contributed by atoms with Crippen LogP contribution in [-0.4, -0.2) is 9.93 Å². The maximum atomic E-state index is 9.28. The highest BCUT2D eigenvalue weighted by Gasteiger charge is 2.18. The van der Waals surface area contributed by atoms with Crippen LogP contribution in [-0.2, 0) is 0 Å². The average molecular weight is 333 g/mol. The third-order valence-corrected chi connectivity index (χ3v) is 3.14. The van der Waals surface area contributed by atoms with Crippen LogP contribution in [0.3, 0.4) is 0 Å². The lowest BCUT2D eigenvalue weighted by molar-refractivity contribution is 0.392. The molecular formula is C6H5Br3O. The molecule has 10 heavy (non-hydrogen) atoms. The fourth-order valence-electron chi connectivity index (χ4n) is 0.688. The van der Waals surface area contributed by atoms with Crippen LogP contribution in [0, 0.1) is 0 Å². The first-order chi connectivity index (χ1) is 4.61. The summed E-state index contributed by atoms with van der Waals surface area (Å²) in [6, 6.07) is 0. The zero-order chi connectivity index (χ0) is 7.72. The standard InChI is InChI=1S/C6H5Br3O/c7-3-1-4(8)6(10)5(9)2-3/h1,5,10H,2H2. The van der Waals surface area contributed by atoms with E-state index in [9.17, 15) is 5.11 Å². The van der Waals surface area contributed by atoms with Crippen LogP contribution in [0.5, 0.6) is 0 Å². The molecule has 0 saturated heterocycles. The first-order valence-corrected chi connectivity index (χ1v) is 5.20. The molecule has 1 aliphatic rings. The van der Waals surface area contributed by atoms with Gasteiger partial charge in [-0.1, -0.05) is 31.9 Å². The lowest BCUT2D eigenvalue weighted by Crippen LogP contribution is -2.06. The SMILES string of the molecule is OC1=C(Br)C=C(Br)CC1Br. The molecule has 1 atom stereocenters. The minimum Gasteiger partial charge on any atom is -0.510 e. The third kappa shape index (κ3) is 1.86. The summed E-state index contributed by atoms with van der Waals surface area (Å²) >= 11 is 9.91. The normalized spacial score (nSPS) is 26.7. The zero-order valence-corrected chi connectivity index (χ0v) is 9.70. The maximum absolute atomic E-state index is 9.28. The van der Waals surface area contributed by atoms with Crippen molar-refractivity contribution in [3.05, 3.63) is 20.8 Å². The molecule has 0 aromatic rings. The van der Waals surface area contributed by atoms with Crippen molar-refractivity contribution < 1.29 is 5.11 Å². The van der Waals surface area contributed by atoms with Gasteiger partial charge in [0.1, 0.15) is 5.76 Å². The Hall–Kier alpha value is 0.720. The van der Waals surface area contributed by atoms with Crippen LogP contribution in [0.15, 0.2) is 20.8 Å². The van der Waals surface area contributed by atoms with Crippen molar-refractivity contribution in [1.29, 1.82) is 0 Å². The molecule has 0 aromatic heterocycles. The highest BCUT2D eigenvalue weighted by molar-refractivity contribution is 9.12. The van der Waals surface area contributed by atoms with E-state index in [2.05, 4.69) is 47.8 Å². The lowest BCUT2D eigenvalue weighted by Gasteiger charge is -2.14. The molecule has 4 heteroatoms. The molecule has 1 rings (SSSR count). The van der Waals surface area contributed by atoms with E-state index in [1.165, 1.54) is 0 Å². The molecule has 56 valence electrons. The topological polar surface area (TPSA) is 20.2 Å². The van der Waals surface area contributed by atoms with Gasteiger partial charge >= 0.3 is 0 Å². The van der Waals surface area contributed by atoms with Crippen LogP contribution in [0.25, 0.3) is 0 Å². The van der Waals surface area contributed by atoms with Gasteiger partial charge in [0.05, 0.1) is 9.31 Å². The molecule has 0 saturated carbocycles. The second-order valence-corrected chi connectivity index (χ2v) is 4.97. The van der Waals surface area contributed by atoms with Gasteiger partial charge in [-0.25, -0.2) is 0 Å². The zero-order valence-electron chi connectivity index (χ0n) is 4.94. The van der Waals surface area contributed by atoms with Crippen molar-refractivity contribution in [2.24, 2.45) is 0 Å². The highest BCUT2D eigenvalue weighted by Crippen LogP contribution is 2.33. The third-order valence-electron chi connectivity index (χ3n) is 1.20. The van der Waals surface area contributed by atoms with E-state index >= 15 is 0 Å². The maximum Gasteiger partial charge on any atom is 0.120 e. The smallest absolute Gasteiger partial charge is 0.120 e. The molecule has 1 aliphatic carbocycles. The number of hydrogen-bond acceptors (Lipinski definition) is 1. The van der Waals surface area contributed by atoms with Gasteiger partial charge in [0.25, 0.3) is 0 Å². The Morgan fingerprint density at radius 3 is 2.60 bits per heavy atom. The molecule has 0 heterocycles. The number of rotatable bonds is 0. The second kappa shape index (κ2) is 3.41. The summed E-state index contributed by atoms with van der Waals surface area (Å²) < 4.78 is 1.83. The molecule has 0 fully saturated rings. The predicted molar refractivity (Wildman–Crippen MR) is 52.9 cm³/mol. The Morgan fingerprint density at radius 1 is 1.50 bits per heavy atom. The van der Waals surface area contributed by atoms with Crippen LogP contribution < -0.4 is 0 Å². The summed E-state index contributed by atoms with van der Waals surface area (Å²) in [6.07, 6.45) is 2.66. The molecule has 0 bridgehead atoms. The van der Waals surface area contributed by atoms with Gasteiger partial charge < -0.3 is 5.11 Å². The van der Waals surface area contributed by atoms with Crippen molar-refractivity contribution in [3.63, 3.8) is 0 Å². The van der Waals surface area contributed by atoms with Crippen LogP contribution in [0.4, 0.5) is 0 Å². The summed E-state index contributed by atoms with van der Waals surface area (Å²) in [7, 11) is 0. The fraction of sp³-hybridized carbons (Fsp3) is 0.333. The minimum atomic E-state index is 0.0428. The number of hydrogen-bond donors (Lipinski definition) is 1. The van der Waals surface area contributed by atoms with E-state index in [4.69, 9.17) is 0 Å². The van der Waals surface area contributed by atoms with E-state index in [-0.39, 0.29) is 4.83 Å². The number of alkyl halides is 1. The van der Waals surface area contributed by atoms with Gasteiger partial charge in [0, 0.05) is 0 Å². The molecule has 1 N–H and O–H groups in total. The Morgan fingerprint density at radius 2 is 2.10 bits per heavy atom. The quantitative estimate of drug-likeness (QED) is 0.672. The first kappa shape index (κ1) is 8.81. The van der Waals surface area contributed by atoms with Crippen molar-refractivity contribution >= 4 is 47.8 Å². The van der Waals surface area contributed by atoms with Gasteiger partial charge in [-0.3, -0.25) is 0 Å². The Bertz CT molecular complexity index is 207. The molecule has 1 unspecified atom stereocenters.